The van der Waals surface area contributed by atoms with Gasteiger partial charge in [-0.05, 0) is 12.1 Å². The minimum absolute atomic E-state index is 0.448. The van der Waals surface area contributed by atoms with Gasteiger partial charge in [-0.15, -0.1) is 0 Å². The van der Waals surface area contributed by atoms with Crippen molar-refractivity contribution in [2.24, 2.45) is 0 Å². The summed E-state index contributed by atoms with van der Waals surface area (Å²) >= 11 is 0. The van der Waals surface area contributed by atoms with Crippen molar-refractivity contribution in [2.75, 3.05) is 13.1 Å². The Morgan fingerprint density at radius 2 is 2.07 bits per heavy atom. The van der Waals surface area contributed by atoms with Crippen molar-refractivity contribution in [2.45, 2.75) is 18.9 Å². The number of nitriles is 1. The zero-order chi connectivity index (χ0) is 11.1. The van der Waals surface area contributed by atoms with Crippen molar-refractivity contribution in [3.8, 4) is 6.07 Å². The number of hydrogen-bond acceptors (Lipinski definition) is 3. The summed E-state index contributed by atoms with van der Waals surface area (Å²) in [6.45, 7) is 3.21. The van der Waals surface area contributed by atoms with Gasteiger partial charge in [0.2, 0.25) is 0 Å². The van der Waals surface area contributed by atoms with Gasteiger partial charge in [0, 0.05) is 6.54 Å². The first-order valence-electron chi connectivity index (χ1n) is 5.13. The predicted molar refractivity (Wildman–Crippen MR) is 59.3 cm³/mol. The van der Waals surface area contributed by atoms with E-state index in [1.165, 1.54) is 0 Å². The van der Waals surface area contributed by atoms with Crippen LogP contribution in [0.2, 0.25) is 0 Å². The average molecular weight is 204 g/mol. The predicted octanol–water partition coefficient (Wildman–Crippen LogP) is 1.26. The Kier molecular flexibility index (Phi) is 4.82. The molecule has 0 aromatic heterocycles. The summed E-state index contributed by atoms with van der Waals surface area (Å²) in [7, 11) is 0. The fourth-order valence-corrected chi connectivity index (χ4v) is 1.45. The van der Waals surface area contributed by atoms with Gasteiger partial charge in [0.25, 0.3) is 0 Å². The first-order valence-corrected chi connectivity index (χ1v) is 5.13. The largest absolute Gasteiger partial charge is 0.390 e. The molecule has 0 aliphatic rings. The van der Waals surface area contributed by atoms with Gasteiger partial charge in [-0.1, -0.05) is 37.3 Å². The lowest BCUT2D eigenvalue weighted by Crippen LogP contribution is -2.31. The lowest BCUT2D eigenvalue weighted by molar-refractivity contribution is 0.159. The van der Waals surface area contributed by atoms with Gasteiger partial charge in [0.1, 0.15) is 0 Å². The number of rotatable bonds is 5. The summed E-state index contributed by atoms with van der Waals surface area (Å²) < 4.78 is 0. The van der Waals surface area contributed by atoms with Gasteiger partial charge in [-0.3, -0.25) is 0 Å². The Morgan fingerprint density at radius 1 is 1.40 bits per heavy atom. The van der Waals surface area contributed by atoms with Crippen LogP contribution in [0.5, 0.6) is 0 Å². The Morgan fingerprint density at radius 3 is 2.60 bits per heavy atom. The van der Waals surface area contributed by atoms with E-state index < -0.39 is 12.0 Å². The second kappa shape index (κ2) is 6.18. The van der Waals surface area contributed by atoms with Crippen molar-refractivity contribution in [3.63, 3.8) is 0 Å². The Balaban J connectivity index is 2.68. The second-order valence-electron chi connectivity index (χ2n) is 3.39. The van der Waals surface area contributed by atoms with Crippen LogP contribution in [0, 0.1) is 11.3 Å². The molecule has 0 bridgehead atoms. The van der Waals surface area contributed by atoms with Gasteiger partial charge in [0.05, 0.1) is 18.1 Å². The molecule has 3 nitrogen and oxygen atoms in total. The van der Waals surface area contributed by atoms with Crippen molar-refractivity contribution in [1.29, 1.82) is 5.26 Å². The lowest BCUT2D eigenvalue weighted by Gasteiger charge is -2.16. The molecule has 2 N–H and O–H groups in total. The third-order valence-electron chi connectivity index (χ3n) is 2.29. The first kappa shape index (κ1) is 11.7. The highest BCUT2D eigenvalue weighted by Crippen LogP contribution is 2.18. The molecule has 80 valence electrons. The second-order valence-corrected chi connectivity index (χ2v) is 3.39. The van der Waals surface area contributed by atoms with E-state index in [1.54, 1.807) is 0 Å². The minimum Gasteiger partial charge on any atom is -0.390 e. The van der Waals surface area contributed by atoms with Gasteiger partial charge >= 0.3 is 0 Å². The van der Waals surface area contributed by atoms with Gasteiger partial charge in [-0.25, -0.2) is 0 Å². The summed E-state index contributed by atoms with van der Waals surface area (Å²) in [5, 5.41) is 21.9. The molecule has 0 heterocycles. The summed E-state index contributed by atoms with van der Waals surface area (Å²) in [4.78, 5) is 0. The molecule has 0 aliphatic heterocycles. The van der Waals surface area contributed by atoms with Crippen molar-refractivity contribution < 1.29 is 5.11 Å². The number of nitrogens with one attached hydrogen (secondary N) is 1. The number of aliphatic hydroxyl groups excluding tert-OH is 1. The maximum Gasteiger partial charge on any atom is 0.0984 e. The summed E-state index contributed by atoms with van der Waals surface area (Å²) in [6.07, 6.45) is -0.655. The third-order valence-corrected chi connectivity index (χ3v) is 2.29. The molecule has 0 fully saturated rings. The molecule has 1 rings (SSSR count). The SMILES string of the molecule is CCNCC(O)C(C#N)c1ccccc1. The van der Waals surface area contributed by atoms with Crippen LogP contribution in [0.25, 0.3) is 0 Å². The van der Waals surface area contributed by atoms with Crippen LogP contribution in [0.15, 0.2) is 30.3 Å². The van der Waals surface area contributed by atoms with E-state index in [2.05, 4.69) is 11.4 Å². The summed E-state index contributed by atoms with van der Waals surface area (Å²) in [6, 6.07) is 11.5. The monoisotopic (exact) mass is 204 g/mol. The van der Waals surface area contributed by atoms with Crippen LogP contribution in [-0.2, 0) is 0 Å². The number of benzene rings is 1. The topological polar surface area (TPSA) is 56.0 Å². The molecule has 0 saturated carbocycles. The van der Waals surface area contributed by atoms with E-state index in [0.717, 1.165) is 12.1 Å². The zero-order valence-electron chi connectivity index (χ0n) is 8.85. The molecule has 3 heteroatoms. The highest BCUT2D eigenvalue weighted by molar-refractivity contribution is 5.26. The van der Waals surface area contributed by atoms with Crippen LogP contribution in [0.3, 0.4) is 0 Å². The van der Waals surface area contributed by atoms with Gasteiger partial charge in [-0.2, -0.15) is 5.26 Å². The molecular weight excluding hydrogens is 188 g/mol. The van der Waals surface area contributed by atoms with E-state index >= 15 is 0 Å². The Labute approximate surface area is 90.4 Å². The number of likely N-dealkylation sites (N-methyl/N-ethyl adjacent to an activating group) is 1. The van der Waals surface area contributed by atoms with Crippen LogP contribution in [-0.4, -0.2) is 24.3 Å². The van der Waals surface area contributed by atoms with Crippen LogP contribution < -0.4 is 5.32 Å². The Hall–Kier alpha value is -1.37. The van der Waals surface area contributed by atoms with Crippen molar-refractivity contribution in [3.05, 3.63) is 35.9 Å². The quantitative estimate of drug-likeness (QED) is 0.759. The van der Waals surface area contributed by atoms with E-state index in [-0.39, 0.29) is 0 Å². The highest BCUT2D eigenvalue weighted by Gasteiger charge is 2.19. The smallest absolute Gasteiger partial charge is 0.0984 e. The normalized spacial score (nSPS) is 14.2. The molecule has 1 aromatic carbocycles. The van der Waals surface area contributed by atoms with E-state index in [4.69, 9.17) is 5.26 Å². The number of aliphatic hydroxyl groups is 1. The van der Waals surface area contributed by atoms with Crippen molar-refractivity contribution in [1.82, 2.24) is 5.32 Å². The molecule has 0 radical (unpaired) electrons. The Bertz CT molecular complexity index is 318. The van der Waals surface area contributed by atoms with E-state index in [0.29, 0.717) is 6.54 Å². The molecule has 2 atom stereocenters. The molecule has 0 saturated heterocycles. The minimum atomic E-state index is -0.655. The summed E-state index contributed by atoms with van der Waals surface area (Å²) in [5.74, 6) is -0.453. The summed E-state index contributed by atoms with van der Waals surface area (Å²) in [5.41, 5.74) is 0.866. The van der Waals surface area contributed by atoms with Gasteiger partial charge in [0.15, 0.2) is 0 Å². The molecule has 1 aromatic rings. The molecular formula is C12H16N2O. The number of nitrogens with zero attached hydrogens (tertiary/aromatic N) is 1. The highest BCUT2D eigenvalue weighted by atomic mass is 16.3. The van der Waals surface area contributed by atoms with Crippen LogP contribution in [0.4, 0.5) is 0 Å². The standard InChI is InChI=1S/C12H16N2O/c1-2-14-9-12(15)11(8-13)10-6-4-3-5-7-10/h3-7,11-12,14-15H,2,9H2,1H3. The van der Waals surface area contributed by atoms with Crippen molar-refractivity contribution >= 4 is 0 Å². The van der Waals surface area contributed by atoms with Crippen LogP contribution >= 0.6 is 0 Å². The molecule has 15 heavy (non-hydrogen) atoms. The maximum absolute atomic E-state index is 9.81. The van der Waals surface area contributed by atoms with E-state index in [1.807, 2.05) is 37.3 Å². The third kappa shape index (κ3) is 3.35. The fourth-order valence-electron chi connectivity index (χ4n) is 1.45. The lowest BCUT2D eigenvalue weighted by atomic mass is 9.95. The van der Waals surface area contributed by atoms with Crippen LogP contribution in [0.1, 0.15) is 18.4 Å². The average Bonchev–Trinajstić information content (AvgIpc) is 2.29. The fraction of sp³-hybridized carbons (Fsp3) is 0.417. The molecule has 0 spiro atoms. The first-order chi connectivity index (χ1) is 7.29. The maximum atomic E-state index is 9.81. The molecule has 0 amide bonds. The van der Waals surface area contributed by atoms with Gasteiger partial charge < -0.3 is 10.4 Å². The van der Waals surface area contributed by atoms with E-state index in [9.17, 15) is 5.11 Å². The molecule has 2 unspecified atom stereocenters. The zero-order valence-corrected chi connectivity index (χ0v) is 8.85. The number of hydrogen-bond donors (Lipinski definition) is 2. The molecule has 0 aliphatic carbocycles.